The number of benzene rings is 2. The molecule has 0 unspecified atom stereocenters. The number of aromatic amines is 2. The van der Waals surface area contributed by atoms with Crippen molar-refractivity contribution in [2.24, 2.45) is 0 Å². The van der Waals surface area contributed by atoms with Crippen molar-refractivity contribution in [2.45, 2.75) is 25.3 Å². The van der Waals surface area contributed by atoms with Crippen molar-refractivity contribution < 1.29 is 4.79 Å². The predicted octanol–water partition coefficient (Wildman–Crippen LogP) is 4.28. The van der Waals surface area contributed by atoms with Crippen LogP contribution in [0.3, 0.4) is 0 Å². The van der Waals surface area contributed by atoms with E-state index in [1.54, 1.807) is 6.20 Å². The molecule has 2 aromatic carbocycles. The first-order valence-electron chi connectivity index (χ1n) is 11.7. The molecule has 1 aliphatic heterocycles. The molecule has 0 bridgehead atoms. The highest BCUT2D eigenvalue weighted by Crippen LogP contribution is 2.28. The Kier molecular flexibility index (Phi) is 5.02. The molecule has 1 saturated heterocycles. The summed E-state index contributed by atoms with van der Waals surface area (Å²) < 4.78 is 1.82. The average Bonchev–Trinajstić information content (AvgIpc) is 3.48. The maximum Gasteiger partial charge on any atom is 0.326 e. The number of likely N-dealkylation sites (tertiary alicyclic amines) is 1. The molecule has 5 aromatic rings. The summed E-state index contributed by atoms with van der Waals surface area (Å²) in [5.74, 6) is 0.0958. The molecule has 1 amide bonds. The number of hydrogen-bond donors (Lipinski definition) is 2. The normalized spacial score (nSPS) is 16.4. The molecule has 1 aliphatic rings. The Labute approximate surface area is 196 Å². The smallest absolute Gasteiger partial charge is 0.326 e. The number of H-pyrrole nitrogens is 2. The van der Waals surface area contributed by atoms with E-state index >= 15 is 0 Å². The highest BCUT2D eigenvalue weighted by Gasteiger charge is 2.28. The Bertz CT molecular complexity index is 1530. The van der Waals surface area contributed by atoms with Gasteiger partial charge in [-0.25, -0.2) is 9.78 Å². The van der Waals surface area contributed by atoms with Crippen LogP contribution in [0.1, 0.15) is 24.4 Å². The molecule has 7 nitrogen and oxygen atoms in total. The zero-order valence-corrected chi connectivity index (χ0v) is 18.7. The summed E-state index contributed by atoms with van der Waals surface area (Å²) in [6.45, 7) is 1.25. The van der Waals surface area contributed by atoms with E-state index in [0.29, 0.717) is 13.0 Å². The molecule has 2 N–H and O–H groups in total. The van der Waals surface area contributed by atoms with Gasteiger partial charge >= 0.3 is 5.69 Å². The summed E-state index contributed by atoms with van der Waals surface area (Å²) >= 11 is 0. The van der Waals surface area contributed by atoms with Crippen LogP contribution in [0.25, 0.3) is 33.2 Å². The first-order chi connectivity index (χ1) is 16.7. The van der Waals surface area contributed by atoms with Crippen molar-refractivity contribution in [3.63, 3.8) is 0 Å². The van der Waals surface area contributed by atoms with Gasteiger partial charge in [0.15, 0.2) is 0 Å². The van der Waals surface area contributed by atoms with Crippen molar-refractivity contribution >= 4 is 28.0 Å². The van der Waals surface area contributed by atoms with Gasteiger partial charge in [0.2, 0.25) is 5.91 Å². The molecule has 170 valence electrons. The number of piperidine rings is 1. The van der Waals surface area contributed by atoms with Crippen molar-refractivity contribution in [2.75, 3.05) is 13.1 Å². The van der Waals surface area contributed by atoms with Gasteiger partial charge in [-0.15, -0.1) is 0 Å². The van der Waals surface area contributed by atoms with E-state index in [1.165, 1.54) is 0 Å². The Morgan fingerprint density at radius 3 is 2.65 bits per heavy atom. The Hall–Kier alpha value is -4.13. The van der Waals surface area contributed by atoms with E-state index in [1.807, 2.05) is 52.1 Å². The van der Waals surface area contributed by atoms with E-state index in [0.717, 1.165) is 58.1 Å². The standard InChI is InChI=1S/C27H25N5O2/c33-24(15-18-8-10-20(11-9-18)19-5-2-1-3-6-19)31-14-4-7-21(17-31)32-25-22-12-13-28-26(22)29-16-23(25)30-27(32)34/h1-3,5-6,8-13,16,21H,4,7,14-15,17H2,(H,28,29)(H,30,34)/t21-/m1/s1. The maximum absolute atomic E-state index is 13.2. The molecule has 0 spiro atoms. The third-order valence-corrected chi connectivity index (χ3v) is 6.79. The highest BCUT2D eigenvalue weighted by atomic mass is 16.2. The number of rotatable bonds is 4. The number of carbonyl (C=O) groups excluding carboxylic acids is 1. The second-order valence-electron chi connectivity index (χ2n) is 8.94. The van der Waals surface area contributed by atoms with Gasteiger partial charge in [0, 0.05) is 24.7 Å². The molecule has 0 aliphatic carbocycles. The van der Waals surface area contributed by atoms with Crippen molar-refractivity contribution in [3.8, 4) is 11.1 Å². The van der Waals surface area contributed by atoms with Crippen molar-refractivity contribution in [1.29, 1.82) is 0 Å². The Morgan fingerprint density at radius 2 is 1.82 bits per heavy atom. The summed E-state index contributed by atoms with van der Waals surface area (Å²) in [4.78, 5) is 38.4. The van der Waals surface area contributed by atoms with Gasteiger partial charge in [-0.3, -0.25) is 9.36 Å². The van der Waals surface area contributed by atoms with E-state index in [2.05, 4.69) is 39.2 Å². The van der Waals surface area contributed by atoms with E-state index < -0.39 is 0 Å². The van der Waals surface area contributed by atoms with Crippen LogP contribution in [-0.2, 0) is 11.2 Å². The molecule has 0 radical (unpaired) electrons. The van der Waals surface area contributed by atoms with Gasteiger partial charge < -0.3 is 14.9 Å². The van der Waals surface area contributed by atoms with E-state index in [-0.39, 0.29) is 17.6 Å². The summed E-state index contributed by atoms with van der Waals surface area (Å²) in [6.07, 6.45) is 5.60. The molecule has 7 heteroatoms. The number of fused-ring (bicyclic) bond motifs is 3. The molecule has 4 heterocycles. The van der Waals surface area contributed by atoms with Crippen molar-refractivity contribution in [3.05, 3.63) is 89.1 Å². The van der Waals surface area contributed by atoms with Crippen LogP contribution in [0.4, 0.5) is 0 Å². The van der Waals surface area contributed by atoms with Gasteiger partial charge in [-0.2, -0.15) is 0 Å². The number of hydrogen-bond acceptors (Lipinski definition) is 3. The van der Waals surface area contributed by atoms with Gasteiger partial charge in [0.05, 0.1) is 29.7 Å². The van der Waals surface area contributed by atoms with Gasteiger partial charge in [0.25, 0.3) is 0 Å². The third kappa shape index (κ3) is 3.59. The number of carbonyl (C=O) groups is 1. The lowest BCUT2D eigenvalue weighted by Crippen LogP contribution is -2.43. The van der Waals surface area contributed by atoms with E-state index in [9.17, 15) is 9.59 Å². The summed E-state index contributed by atoms with van der Waals surface area (Å²) in [5, 5.41) is 0.915. The molecule has 6 rings (SSSR count). The Morgan fingerprint density at radius 1 is 1.03 bits per heavy atom. The van der Waals surface area contributed by atoms with Crippen LogP contribution in [0.5, 0.6) is 0 Å². The lowest BCUT2D eigenvalue weighted by molar-refractivity contribution is -0.132. The first-order valence-corrected chi connectivity index (χ1v) is 11.7. The maximum atomic E-state index is 13.2. The van der Waals surface area contributed by atoms with Gasteiger partial charge in [-0.1, -0.05) is 54.6 Å². The monoisotopic (exact) mass is 451 g/mol. The summed E-state index contributed by atoms with van der Waals surface area (Å²) in [7, 11) is 0. The molecule has 3 aromatic heterocycles. The van der Waals surface area contributed by atoms with Crippen molar-refractivity contribution in [1.82, 2.24) is 24.4 Å². The number of imidazole rings is 1. The highest BCUT2D eigenvalue weighted by molar-refractivity contribution is 6.01. The van der Waals surface area contributed by atoms with Crippen LogP contribution in [0, 0.1) is 0 Å². The Balaban J connectivity index is 1.22. The minimum absolute atomic E-state index is 0.0695. The minimum Gasteiger partial charge on any atom is -0.346 e. The third-order valence-electron chi connectivity index (χ3n) is 6.79. The zero-order chi connectivity index (χ0) is 23.1. The lowest BCUT2D eigenvalue weighted by Gasteiger charge is -2.33. The van der Waals surface area contributed by atoms with Gasteiger partial charge in [0.1, 0.15) is 5.65 Å². The van der Waals surface area contributed by atoms with Crippen LogP contribution in [0.2, 0.25) is 0 Å². The summed E-state index contributed by atoms with van der Waals surface area (Å²) in [6, 6.07) is 20.3. The van der Waals surface area contributed by atoms with Crippen LogP contribution in [-0.4, -0.2) is 43.4 Å². The fraction of sp³-hybridized carbons (Fsp3) is 0.222. The SMILES string of the molecule is O=C(Cc1ccc(-c2ccccc2)cc1)N1CCC[C@@H](n2c(=O)[nH]c3cnc4[nH]ccc4c32)C1. The topological polar surface area (TPSA) is 86.8 Å². The molecule has 34 heavy (non-hydrogen) atoms. The lowest BCUT2D eigenvalue weighted by atomic mass is 10.0. The largest absolute Gasteiger partial charge is 0.346 e. The zero-order valence-electron chi connectivity index (χ0n) is 18.7. The first kappa shape index (κ1) is 20.5. The summed E-state index contributed by atoms with van der Waals surface area (Å²) in [5.41, 5.74) is 5.47. The molecule has 0 saturated carbocycles. The minimum atomic E-state index is -0.152. The van der Waals surface area contributed by atoms with Crippen LogP contribution >= 0.6 is 0 Å². The predicted molar refractivity (Wildman–Crippen MR) is 133 cm³/mol. The average molecular weight is 452 g/mol. The quantitative estimate of drug-likeness (QED) is 0.428. The van der Waals surface area contributed by atoms with E-state index in [4.69, 9.17) is 0 Å². The number of aromatic nitrogens is 4. The molecule has 1 fully saturated rings. The number of amides is 1. The fourth-order valence-corrected chi connectivity index (χ4v) is 5.09. The number of nitrogens with zero attached hydrogens (tertiary/aromatic N) is 3. The van der Waals surface area contributed by atoms with Crippen LogP contribution in [0.15, 0.2) is 77.9 Å². The van der Waals surface area contributed by atoms with Gasteiger partial charge in [-0.05, 0) is 35.6 Å². The molecular formula is C27H25N5O2. The second kappa shape index (κ2) is 8.33. The van der Waals surface area contributed by atoms with Crippen LogP contribution < -0.4 is 5.69 Å². The molecular weight excluding hydrogens is 426 g/mol. The fourth-order valence-electron chi connectivity index (χ4n) is 5.09. The second-order valence-corrected chi connectivity index (χ2v) is 8.94. The number of nitrogens with one attached hydrogen (secondary N) is 2. The molecule has 1 atom stereocenters. The number of pyridine rings is 1.